The maximum atomic E-state index is 13.0. The molecule has 0 bridgehead atoms. The van der Waals surface area contributed by atoms with E-state index in [0.717, 1.165) is 29.3 Å². The molecule has 1 amide bonds. The van der Waals surface area contributed by atoms with Crippen LogP contribution in [-0.4, -0.2) is 33.6 Å². The van der Waals surface area contributed by atoms with Gasteiger partial charge in [-0.3, -0.25) is 9.59 Å². The van der Waals surface area contributed by atoms with Gasteiger partial charge in [-0.1, -0.05) is 30.3 Å². The molecule has 1 fully saturated rings. The SMILES string of the molecule is Cn1c(=O)c(C(=O)N2CCC(Cc3cccc(O)c3)C2)cc2ccccc21. The molecule has 1 saturated heterocycles. The van der Waals surface area contributed by atoms with Crippen LogP contribution in [0.15, 0.2) is 59.4 Å². The second kappa shape index (κ2) is 6.91. The number of fused-ring (bicyclic) bond motifs is 1. The third-order valence-corrected chi connectivity index (χ3v) is 5.37. The predicted octanol–water partition coefficient (Wildman–Crippen LogP) is 2.95. The smallest absolute Gasteiger partial charge is 0.263 e. The number of para-hydroxylation sites is 1. The number of aryl methyl sites for hydroxylation is 1. The topological polar surface area (TPSA) is 62.5 Å². The van der Waals surface area contributed by atoms with Crippen molar-refractivity contribution in [2.24, 2.45) is 13.0 Å². The largest absolute Gasteiger partial charge is 0.508 e. The molecular weight excluding hydrogens is 340 g/mol. The molecule has 0 spiro atoms. The van der Waals surface area contributed by atoms with Gasteiger partial charge in [0.05, 0.1) is 5.52 Å². The summed E-state index contributed by atoms with van der Waals surface area (Å²) in [6.07, 6.45) is 1.71. The summed E-state index contributed by atoms with van der Waals surface area (Å²) in [5, 5.41) is 10.5. The maximum absolute atomic E-state index is 13.0. The van der Waals surface area contributed by atoms with E-state index < -0.39 is 0 Å². The standard InChI is InChI=1S/C22H22N2O3/c1-23-20-8-3-2-6-17(20)13-19(21(23)26)22(27)24-10-9-16(14-24)11-15-5-4-7-18(25)12-15/h2-8,12-13,16,25H,9-11,14H2,1H3. The minimum Gasteiger partial charge on any atom is -0.508 e. The molecule has 0 aliphatic carbocycles. The van der Waals surface area contributed by atoms with Gasteiger partial charge in [0, 0.05) is 20.1 Å². The van der Waals surface area contributed by atoms with Crippen LogP contribution in [0.1, 0.15) is 22.3 Å². The number of likely N-dealkylation sites (tertiary alicyclic amines) is 1. The Labute approximate surface area is 157 Å². The minimum absolute atomic E-state index is 0.195. The van der Waals surface area contributed by atoms with Gasteiger partial charge in [0.2, 0.25) is 0 Å². The van der Waals surface area contributed by atoms with E-state index in [1.807, 2.05) is 36.4 Å². The average Bonchev–Trinajstić information content (AvgIpc) is 3.12. The number of pyridine rings is 1. The lowest BCUT2D eigenvalue weighted by molar-refractivity contribution is 0.0785. The van der Waals surface area contributed by atoms with Crippen LogP contribution in [0.4, 0.5) is 0 Å². The lowest BCUT2D eigenvalue weighted by Crippen LogP contribution is -2.35. The van der Waals surface area contributed by atoms with Crippen molar-refractivity contribution >= 4 is 16.8 Å². The summed E-state index contributed by atoms with van der Waals surface area (Å²) in [7, 11) is 1.70. The molecule has 1 aromatic heterocycles. The van der Waals surface area contributed by atoms with Crippen molar-refractivity contribution in [3.8, 4) is 5.75 Å². The van der Waals surface area contributed by atoms with Crippen molar-refractivity contribution in [3.63, 3.8) is 0 Å². The number of phenols is 1. The van der Waals surface area contributed by atoms with E-state index in [2.05, 4.69) is 0 Å². The summed E-state index contributed by atoms with van der Waals surface area (Å²) in [5.41, 5.74) is 1.86. The number of benzene rings is 2. The number of phenolic OH excluding ortho intramolecular Hbond substituents is 1. The summed E-state index contributed by atoms with van der Waals surface area (Å²) in [6, 6.07) is 16.5. The number of carbonyl (C=O) groups excluding carboxylic acids is 1. The minimum atomic E-state index is -0.255. The molecule has 1 N–H and O–H groups in total. The van der Waals surface area contributed by atoms with Crippen LogP contribution in [0.5, 0.6) is 5.75 Å². The summed E-state index contributed by atoms with van der Waals surface area (Å²) < 4.78 is 1.54. The molecule has 1 aliphatic heterocycles. The van der Waals surface area contributed by atoms with Crippen LogP contribution < -0.4 is 5.56 Å². The van der Waals surface area contributed by atoms with E-state index >= 15 is 0 Å². The van der Waals surface area contributed by atoms with Crippen LogP contribution in [0, 0.1) is 5.92 Å². The first-order chi connectivity index (χ1) is 13.0. The Kier molecular flexibility index (Phi) is 4.44. The fourth-order valence-corrected chi connectivity index (χ4v) is 3.95. The number of aromatic hydroxyl groups is 1. The Morgan fingerprint density at radius 3 is 2.78 bits per heavy atom. The Hall–Kier alpha value is -3.08. The molecule has 1 atom stereocenters. The van der Waals surface area contributed by atoms with Gasteiger partial charge >= 0.3 is 0 Å². The van der Waals surface area contributed by atoms with Crippen molar-refractivity contribution in [1.82, 2.24) is 9.47 Å². The number of rotatable bonds is 3. The van der Waals surface area contributed by atoms with Gasteiger partial charge < -0.3 is 14.6 Å². The zero-order valence-corrected chi connectivity index (χ0v) is 15.3. The molecule has 138 valence electrons. The molecular formula is C22H22N2O3. The van der Waals surface area contributed by atoms with Crippen molar-refractivity contribution in [2.75, 3.05) is 13.1 Å². The Morgan fingerprint density at radius 1 is 1.15 bits per heavy atom. The van der Waals surface area contributed by atoms with Gasteiger partial charge in [-0.05, 0) is 54.0 Å². The molecule has 2 heterocycles. The summed E-state index contributed by atoms with van der Waals surface area (Å²) >= 11 is 0. The average molecular weight is 362 g/mol. The fourth-order valence-electron chi connectivity index (χ4n) is 3.95. The van der Waals surface area contributed by atoms with Crippen molar-refractivity contribution in [3.05, 3.63) is 76.1 Å². The van der Waals surface area contributed by atoms with E-state index in [-0.39, 0.29) is 22.8 Å². The number of amides is 1. The number of carbonyl (C=O) groups is 1. The van der Waals surface area contributed by atoms with E-state index in [4.69, 9.17) is 0 Å². The highest BCUT2D eigenvalue weighted by Gasteiger charge is 2.29. The first-order valence-corrected chi connectivity index (χ1v) is 9.19. The molecule has 1 unspecified atom stereocenters. The van der Waals surface area contributed by atoms with Crippen molar-refractivity contribution in [1.29, 1.82) is 0 Å². The molecule has 27 heavy (non-hydrogen) atoms. The normalized spacial score (nSPS) is 16.8. The first-order valence-electron chi connectivity index (χ1n) is 9.19. The molecule has 1 aliphatic rings. The van der Waals surface area contributed by atoms with E-state index in [1.165, 1.54) is 0 Å². The zero-order chi connectivity index (χ0) is 19.0. The monoisotopic (exact) mass is 362 g/mol. The van der Waals surface area contributed by atoms with Crippen LogP contribution in [0.3, 0.4) is 0 Å². The zero-order valence-electron chi connectivity index (χ0n) is 15.3. The van der Waals surface area contributed by atoms with Gasteiger partial charge in [0.1, 0.15) is 11.3 Å². The number of hydrogen-bond acceptors (Lipinski definition) is 3. The third-order valence-electron chi connectivity index (χ3n) is 5.37. The highest BCUT2D eigenvalue weighted by molar-refractivity contribution is 5.97. The van der Waals surface area contributed by atoms with Gasteiger partial charge in [-0.25, -0.2) is 0 Å². The van der Waals surface area contributed by atoms with E-state index in [9.17, 15) is 14.7 Å². The lowest BCUT2D eigenvalue weighted by Gasteiger charge is -2.17. The number of nitrogens with zero attached hydrogens (tertiary/aromatic N) is 2. The van der Waals surface area contributed by atoms with Crippen molar-refractivity contribution < 1.29 is 9.90 Å². The molecule has 5 nitrogen and oxygen atoms in total. The lowest BCUT2D eigenvalue weighted by atomic mass is 9.98. The second-order valence-corrected chi connectivity index (χ2v) is 7.26. The first kappa shape index (κ1) is 17.3. The van der Waals surface area contributed by atoms with E-state index in [0.29, 0.717) is 19.0 Å². The van der Waals surface area contributed by atoms with Crippen LogP contribution in [0.2, 0.25) is 0 Å². The summed E-state index contributed by atoms with van der Waals surface area (Å²) in [4.78, 5) is 27.4. The molecule has 2 aromatic carbocycles. The number of hydrogen-bond donors (Lipinski definition) is 1. The third kappa shape index (κ3) is 3.33. The Balaban J connectivity index is 1.55. The molecule has 0 radical (unpaired) electrons. The molecule has 5 heteroatoms. The fraction of sp³-hybridized carbons (Fsp3) is 0.273. The van der Waals surface area contributed by atoms with E-state index in [1.54, 1.807) is 34.7 Å². The van der Waals surface area contributed by atoms with Gasteiger partial charge in [0.15, 0.2) is 0 Å². The van der Waals surface area contributed by atoms with Gasteiger partial charge in [0.25, 0.3) is 11.5 Å². The Bertz CT molecular complexity index is 1070. The molecule has 4 rings (SSSR count). The molecule has 0 saturated carbocycles. The van der Waals surface area contributed by atoms with Crippen LogP contribution in [0.25, 0.3) is 10.9 Å². The predicted molar refractivity (Wildman–Crippen MR) is 105 cm³/mol. The summed E-state index contributed by atoms with van der Waals surface area (Å²) in [6.45, 7) is 1.28. The summed E-state index contributed by atoms with van der Waals surface area (Å²) in [5.74, 6) is 0.401. The molecule has 3 aromatic rings. The van der Waals surface area contributed by atoms with Crippen LogP contribution in [-0.2, 0) is 13.5 Å². The second-order valence-electron chi connectivity index (χ2n) is 7.26. The van der Waals surface area contributed by atoms with Crippen LogP contribution >= 0.6 is 0 Å². The number of aromatic nitrogens is 1. The van der Waals surface area contributed by atoms with Crippen molar-refractivity contribution in [2.45, 2.75) is 12.8 Å². The highest BCUT2D eigenvalue weighted by atomic mass is 16.3. The van der Waals surface area contributed by atoms with Gasteiger partial charge in [-0.15, -0.1) is 0 Å². The Morgan fingerprint density at radius 2 is 1.96 bits per heavy atom. The van der Waals surface area contributed by atoms with Gasteiger partial charge in [-0.2, -0.15) is 0 Å². The maximum Gasteiger partial charge on any atom is 0.263 e. The quantitative estimate of drug-likeness (QED) is 0.779. The highest BCUT2D eigenvalue weighted by Crippen LogP contribution is 2.24.